The van der Waals surface area contributed by atoms with Crippen LogP contribution in [0.3, 0.4) is 0 Å². The standard InChI is InChI=1S/C26H27N3O4S2/c1-5-14-33-20-13-12-18(15-21(20)32-6-2)16-22-24(30)28(26(34)35-22)23-17(3)27(4)29(25(23)31)19-10-8-7-9-11-19/h7-13,15-16H,5-6,14H2,1-4H3/b22-16+. The van der Waals surface area contributed by atoms with Gasteiger partial charge in [0.25, 0.3) is 11.5 Å². The van der Waals surface area contributed by atoms with E-state index in [1.54, 1.807) is 17.8 Å². The summed E-state index contributed by atoms with van der Waals surface area (Å²) < 4.78 is 15.1. The molecule has 1 aliphatic heterocycles. The largest absolute Gasteiger partial charge is 0.490 e. The molecule has 9 heteroatoms. The number of hydrogen-bond acceptors (Lipinski definition) is 6. The molecule has 0 atom stereocenters. The molecule has 1 aliphatic rings. The lowest BCUT2D eigenvalue weighted by Crippen LogP contribution is -2.33. The van der Waals surface area contributed by atoms with E-state index in [4.69, 9.17) is 21.7 Å². The third kappa shape index (κ3) is 4.78. The fourth-order valence-corrected chi connectivity index (χ4v) is 5.11. The summed E-state index contributed by atoms with van der Waals surface area (Å²) in [6.45, 7) is 6.84. The zero-order valence-corrected chi connectivity index (χ0v) is 21.7. The molecule has 0 radical (unpaired) electrons. The molecule has 0 bridgehead atoms. The number of nitrogens with zero attached hydrogens (tertiary/aromatic N) is 3. The highest BCUT2D eigenvalue weighted by atomic mass is 32.2. The van der Waals surface area contributed by atoms with Crippen molar-refractivity contribution in [2.24, 2.45) is 7.05 Å². The summed E-state index contributed by atoms with van der Waals surface area (Å²) >= 11 is 6.72. The van der Waals surface area contributed by atoms with E-state index in [1.807, 2.05) is 69.3 Å². The van der Waals surface area contributed by atoms with Crippen LogP contribution >= 0.6 is 24.0 Å². The maximum absolute atomic E-state index is 13.4. The van der Waals surface area contributed by atoms with Crippen molar-refractivity contribution >= 4 is 46.0 Å². The van der Waals surface area contributed by atoms with Gasteiger partial charge in [0.2, 0.25) is 0 Å². The normalized spacial score (nSPS) is 14.7. The molecular formula is C26H27N3O4S2. The van der Waals surface area contributed by atoms with Gasteiger partial charge in [0, 0.05) is 7.05 Å². The molecule has 182 valence electrons. The lowest BCUT2D eigenvalue weighted by atomic mass is 10.1. The van der Waals surface area contributed by atoms with Gasteiger partial charge >= 0.3 is 0 Å². The SMILES string of the molecule is CCCOc1ccc(/C=C2/SC(=S)N(c3c(C)n(C)n(-c4ccccc4)c3=O)C2=O)cc1OCC. The summed E-state index contributed by atoms with van der Waals surface area (Å²) in [4.78, 5) is 28.6. The Morgan fingerprint density at radius 1 is 1.03 bits per heavy atom. The molecule has 1 aromatic heterocycles. The highest BCUT2D eigenvalue weighted by molar-refractivity contribution is 8.27. The van der Waals surface area contributed by atoms with Crippen LogP contribution in [-0.2, 0) is 11.8 Å². The molecular weight excluding hydrogens is 482 g/mol. The van der Waals surface area contributed by atoms with E-state index in [1.165, 1.54) is 21.3 Å². The topological polar surface area (TPSA) is 65.7 Å². The average Bonchev–Trinajstić information content (AvgIpc) is 3.24. The summed E-state index contributed by atoms with van der Waals surface area (Å²) in [6.07, 6.45) is 2.65. The maximum atomic E-state index is 13.4. The number of amides is 1. The zero-order chi connectivity index (χ0) is 25.1. The molecule has 2 aromatic carbocycles. The highest BCUT2D eigenvalue weighted by Crippen LogP contribution is 2.37. The first-order chi connectivity index (χ1) is 16.9. The first-order valence-electron chi connectivity index (χ1n) is 11.4. The lowest BCUT2D eigenvalue weighted by Gasteiger charge is -2.13. The van der Waals surface area contributed by atoms with Gasteiger partial charge in [-0.1, -0.05) is 55.2 Å². The Labute approximate surface area is 213 Å². The Balaban J connectivity index is 1.69. The quantitative estimate of drug-likeness (QED) is 0.312. The number of thiocarbonyl (C=S) groups is 1. The van der Waals surface area contributed by atoms with Crippen LogP contribution in [0.15, 0.2) is 58.2 Å². The first kappa shape index (κ1) is 24.8. The fourth-order valence-electron chi connectivity index (χ4n) is 3.84. The van der Waals surface area contributed by atoms with Gasteiger partial charge in [-0.05, 0) is 56.2 Å². The van der Waals surface area contributed by atoms with Crippen molar-refractivity contribution < 1.29 is 14.3 Å². The monoisotopic (exact) mass is 509 g/mol. The smallest absolute Gasteiger partial charge is 0.296 e. The van der Waals surface area contributed by atoms with Crippen molar-refractivity contribution in [3.8, 4) is 17.2 Å². The molecule has 0 aliphatic carbocycles. The number of hydrogen-bond donors (Lipinski definition) is 0. The number of aromatic nitrogens is 2. The minimum absolute atomic E-state index is 0.264. The summed E-state index contributed by atoms with van der Waals surface area (Å²) in [5.41, 5.74) is 2.10. The van der Waals surface area contributed by atoms with E-state index in [9.17, 15) is 9.59 Å². The molecule has 0 unspecified atom stereocenters. The maximum Gasteiger partial charge on any atom is 0.296 e. The van der Waals surface area contributed by atoms with E-state index < -0.39 is 0 Å². The van der Waals surface area contributed by atoms with E-state index in [2.05, 4.69) is 0 Å². The lowest BCUT2D eigenvalue weighted by molar-refractivity contribution is -0.113. The van der Waals surface area contributed by atoms with Gasteiger partial charge in [0.15, 0.2) is 15.8 Å². The first-order valence-corrected chi connectivity index (χ1v) is 12.6. The van der Waals surface area contributed by atoms with Gasteiger partial charge in [-0.15, -0.1) is 0 Å². The Morgan fingerprint density at radius 3 is 2.46 bits per heavy atom. The zero-order valence-electron chi connectivity index (χ0n) is 20.1. The number of ether oxygens (including phenoxy) is 2. The second kappa shape index (κ2) is 10.5. The van der Waals surface area contributed by atoms with Crippen molar-refractivity contribution in [3.05, 3.63) is 75.0 Å². The van der Waals surface area contributed by atoms with Crippen molar-refractivity contribution in [2.75, 3.05) is 18.1 Å². The summed E-state index contributed by atoms with van der Waals surface area (Å²) in [6, 6.07) is 14.9. The molecule has 7 nitrogen and oxygen atoms in total. The van der Waals surface area contributed by atoms with Crippen molar-refractivity contribution in [1.29, 1.82) is 0 Å². The van der Waals surface area contributed by atoms with Gasteiger partial charge < -0.3 is 9.47 Å². The third-order valence-electron chi connectivity index (χ3n) is 5.57. The van der Waals surface area contributed by atoms with Crippen LogP contribution in [-0.4, -0.2) is 32.8 Å². The minimum atomic E-state index is -0.324. The fraction of sp³-hybridized carbons (Fsp3) is 0.269. The van der Waals surface area contributed by atoms with Gasteiger partial charge in [-0.25, -0.2) is 4.68 Å². The number of carbonyl (C=O) groups is 1. The van der Waals surface area contributed by atoms with Crippen molar-refractivity contribution in [1.82, 2.24) is 9.36 Å². The van der Waals surface area contributed by atoms with Crippen LogP contribution in [0.1, 0.15) is 31.5 Å². The predicted octanol–water partition coefficient (Wildman–Crippen LogP) is 5.08. The predicted molar refractivity (Wildman–Crippen MR) is 145 cm³/mol. The molecule has 3 aromatic rings. The van der Waals surface area contributed by atoms with Gasteiger partial charge in [-0.3, -0.25) is 19.2 Å². The summed E-state index contributed by atoms with van der Waals surface area (Å²) in [7, 11) is 1.79. The highest BCUT2D eigenvalue weighted by Gasteiger charge is 2.37. The Bertz CT molecular complexity index is 1360. The average molecular weight is 510 g/mol. The van der Waals surface area contributed by atoms with E-state index >= 15 is 0 Å². The third-order valence-corrected chi connectivity index (χ3v) is 6.87. The van der Waals surface area contributed by atoms with E-state index in [0.29, 0.717) is 45.3 Å². The molecule has 4 rings (SSSR count). The summed E-state index contributed by atoms with van der Waals surface area (Å²) in [5, 5.41) is 0. The van der Waals surface area contributed by atoms with Crippen LogP contribution in [0, 0.1) is 6.92 Å². The number of benzene rings is 2. The number of thioether (sulfide) groups is 1. The second-order valence-corrected chi connectivity index (χ2v) is 9.59. The van der Waals surface area contributed by atoms with Gasteiger partial charge in [0.1, 0.15) is 5.69 Å². The Morgan fingerprint density at radius 2 is 1.77 bits per heavy atom. The van der Waals surface area contributed by atoms with Crippen molar-refractivity contribution in [2.45, 2.75) is 27.2 Å². The molecule has 0 N–H and O–H groups in total. The molecule has 0 saturated carbocycles. The number of anilines is 1. The summed E-state index contributed by atoms with van der Waals surface area (Å²) in [5.74, 6) is 0.963. The Kier molecular flexibility index (Phi) is 7.47. The Hall–Kier alpha value is -3.30. The molecule has 0 spiro atoms. The molecule has 1 saturated heterocycles. The number of rotatable bonds is 8. The minimum Gasteiger partial charge on any atom is -0.490 e. The molecule has 1 amide bonds. The molecule has 2 heterocycles. The molecule has 1 fully saturated rings. The molecule has 35 heavy (non-hydrogen) atoms. The van der Waals surface area contributed by atoms with E-state index in [0.717, 1.165) is 12.0 Å². The van der Waals surface area contributed by atoms with Gasteiger partial charge in [-0.2, -0.15) is 0 Å². The van der Waals surface area contributed by atoms with Crippen LogP contribution < -0.4 is 19.9 Å². The van der Waals surface area contributed by atoms with Crippen LogP contribution in [0.25, 0.3) is 11.8 Å². The van der Waals surface area contributed by atoms with Crippen LogP contribution in [0.4, 0.5) is 5.69 Å². The van der Waals surface area contributed by atoms with Crippen LogP contribution in [0.5, 0.6) is 11.5 Å². The van der Waals surface area contributed by atoms with Crippen LogP contribution in [0.2, 0.25) is 0 Å². The number of para-hydroxylation sites is 1. The van der Waals surface area contributed by atoms with Gasteiger partial charge in [0.05, 0.1) is 29.5 Å². The number of carbonyl (C=O) groups excluding carboxylic acids is 1. The second-order valence-electron chi connectivity index (χ2n) is 7.91. The van der Waals surface area contributed by atoms with E-state index in [-0.39, 0.29) is 17.2 Å². The van der Waals surface area contributed by atoms with Crippen molar-refractivity contribution in [3.63, 3.8) is 0 Å².